The van der Waals surface area contributed by atoms with Gasteiger partial charge >= 0.3 is 5.97 Å². The number of rotatable bonds is 4. The van der Waals surface area contributed by atoms with Gasteiger partial charge in [0.05, 0.1) is 23.6 Å². The normalized spacial score (nSPS) is 18.0. The van der Waals surface area contributed by atoms with E-state index < -0.39 is 11.4 Å². The Balaban J connectivity index is 0.00000218. The van der Waals surface area contributed by atoms with Crippen molar-refractivity contribution in [1.29, 1.82) is 0 Å². The van der Waals surface area contributed by atoms with Crippen molar-refractivity contribution in [3.63, 3.8) is 0 Å². The molecule has 1 unspecified atom stereocenters. The third kappa shape index (κ3) is 3.09. The van der Waals surface area contributed by atoms with E-state index in [0.717, 1.165) is 54.6 Å². The lowest BCUT2D eigenvalue weighted by Gasteiger charge is -2.16. The summed E-state index contributed by atoms with van der Waals surface area (Å²) in [6.07, 6.45) is 6.03. The number of aryl methyl sites for hydroxylation is 1. The number of hydrogen-bond donors (Lipinski definition) is 3. The van der Waals surface area contributed by atoms with Crippen molar-refractivity contribution in [3.8, 4) is 17.1 Å². The molecule has 2 heterocycles. The lowest BCUT2D eigenvalue weighted by Crippen LogP contribution is -2.16. The molecule has 1 aromatic carbocycles. The highest BCUT2D eigenvalue weighted by Crippen LogP contribution is 2.50. The second kappa shape index (κ2) is 7.49. The van der Waals surface area contributed by atoms with Gasteiger partial charge in [-0.1, -0.05) is 0 Å². The van der Waals surface area contributed by atoms with Gasteiger partial charge in [-0.15, -0.1) is 12.4 Å². The summed E-state index contributed by atoms with van der Waals surface area (Å²) in [5.74, 6) is 1.15. The van der Waals surface area contributed by atoms with Crippen molar-refractivity contribution in [2.75, 3.05) is 7.11 Å². The number of aromatic nitrogens is 1. The van der Waals surface area contributed by atoms with Crippen LogP contribution in [0.2, 0.25) is 0 Å². The van der Waals surface area contributed by atoms with Crippen molar-refractivity contribution in [2.24, 2.45) is 5.73 Å². The molecule has 30 heavy (non-hydrogen) atoms. The summed E-state index contributed by atoms with van der Waals surface area (Å²) in [4.78, 5) is 27.1. The van der Waals surface area contributed by atoms with Crippen LogP contribution >= 0.6 is 12.4 Å². The molecule has 2 aliphatic carbocycles. The van der Waals surface area contributed by atoms with Gasteiger partial charge in [0, 0.05) is 24.2 Å². The average Bonchev–Trinajstić information content (AvgIpc) is 3.45. The Hall–Kier alpha value is -2.77. The number of aromatic carboxylic acids is 1. The van der Waals surface area contributed by atoms with E-state index in [1.807, 2.05) is 6.07 Å². The monoisotopic (exact) mass is 430 g/mol. The van der Waals surface area contributed by atoms with Gasteiger partial charge in [0.2, 0.25) is 5.43 Å². The third-order valence-corrected chi connectivity index (χ3v) is 6.02. The molecule has 0 aliphatic heterocycles. The number of nitrogens with two attached hydrogens (primary N) is 1. The van der Waals surface area contributed by atoms with Crippen LogP contribution in [0.25, 0.3) is 22.2 Å². The van der Waals surface area contributed by atoms with Crippen LogP contribution in [0.3, 0.4) is 0 Å². The van der Waals surface area contributed by atoms with E-state index in [4.69, 9.17) is 14.9 Å². The first-order chi connectivity index (χ1) is 14.0. The smallest absolute Gasteiger partial charge is 0.341 e. The molecule has 0 spiro atoms. The average molecular weight is 431 g/mol. The molecule has 0 radical (unpaired) electrons. The number of methoxy groups -OCH3 is 1. The van der Waals surface area contributed by atoms with Gasteiger partial charge in [-0.3, -0.25) is 4.79 Å². The van der Waals surface area contributed by atoms with Crippen LogP contribution < -0.4 is 15.9 Å². The first-order valence-electron chi connectivity index (χ1n) is 9.87. The number of nitrogens with one attached hydrogen (secondary N) is 1. The number of carboxylic acids is 1. The van der Waals surface area contributed by atoms with Gasteiger partial charge in [0.1, 0.15) is 17.1 Å². The Labute approximate surface area is 178 Å². The largest absolute Gasteiger partial charge is 0.494 e. The SMILES string of the molecule is COc1c(-c2cc3c(o2)CCCC3N)c(C2CC2)cc2c(=O)c(C(=O)O)c[nH]c12.Cl. The molecule has 0 bridgehead atoms. The topological polar surface area (TPSA) is 119 Å². The maximum absolute atomic E-state index is 12.8. The molecule has 158 valence electrons. The van der Waals surface area contributed by atoms with Gasteiger partial charge in [0.25, 0.3) is 0 Å². The van der Waals surface area contributed by atoms with Crippen molar-refractivity contribution < 1.29 is 19.1 Å². The molecule has 5 rings (SSSR count). The van der Waals surface area contributed by atoms with E-state index in [0.29, 0.717) is 28.3 Å². The quantitative estimate of drug-likeness (QED) is 0.572. The molecule has 4 N–H and O–H groups in total. The highest BCUT2D eigenvalue weighted by molar-refractivity contribution is 5.98. The second-order valence-corrected chi connectivity index (χ2v) is 7.90. The number of carbonyl (C=O) groups is 1. The standard InChI is InChI=1S/C22H22N2O5.ClH/c1-28-21-18(17-8-12-15(23)3-2-4-16(12)29-17)11(10-5-6-10)7-13-19(21)24-9-14(20(13)25)22(26)27;/h7-10,15H,2-6,23H2,1H3,(H,24,25)(H,26,27);1H. The first kappa shape index (κ1) is 20.5. The number of ether oxygens (including phenoxy) is 1. The predicted molar refractivity (Wildman–Crippen MR) is 115 cm³/mol. The highest BCUT2D eigenvalue weighted by Gasteiger charge is 2.33. The zero-order valence-electron chi connectivity index (χ0n) is 16.5. The maximum atomic E-state index is 12.8. The van der Waals surface area contributed by atoms with Crippen molar-refractivity contribution in [1.82, 2.24) is 4.98 Å². The van der Waals surface area contributed by atoms with Crippen LogP contribution in [0.5, 0.6) is 5.75 Å². The number of aromatic amines is 1. The highest BCUT2D eigenvalue weighted by atomic mass is 35.5. The Morgan fingerprint density at radius 2 is 2.03 bits per heavy atom. The Kier molecular flexibility index (Phi) is 5.11. The van der Waals surface area contributed by atoms with E-state index in [9.17, 15) is 14.7 Å². The summed E-state index contributed by atoms with van der Waals surface area (Å²) in [6, 6.07) is 3.76. The molecule has 1 fully saturated rings. The van der Waals surface area contributed by atoms with Gasteiger partial charge in [-0.2, -0.15) is 0 Å². The van der Waals surface area contributed by atoms with Crippen LogP contribution in [0, 0.1) is 0 Å². The van der Waals surface area contributed by atoms with Gasteiger partial charge < -0.3 is 25.0 Å². The van der Waals surface area contributed by atoms with E-state index in [2.05, 4.69) is 4.98 Å². The molecule has 2 aromatic heterocycles. The van der Waals surface area contributed by atoms with Gasteiger partial charge in [0.15, 0.2) is 5.75 Å². The van der Waals surface area contributed by atoms with Crippen LogP contribution in [0.4, 0.5) is 0 Å². The molecular weight excluding hydrogens is 408 g/mol. The van der Waals surface area contributed by atoms with E-state index in [-0.39, 0.29) is 24.0 Å². The predicted octanol–water partition coefficient (Wildman–Crippen LogP) is 4.13. The number of H-pyrrole nitrogens is 1. The maximum Gasteiger partial charge on any atom is 0.341 e. The Morgan fingerprint density at radius 3 is 2.67 bits per heavy atom. The number of hydrogen-bond acceptors (Lipinski definition) is 5. The zero-order chi connectivity index (χ0) is 20.3. The molecule has 0 saturated heterocycles. The zero-order valence-corrected chi connectivity index (χ0v) is 17.3. The van der Waals surface area contributed by atoms with Crippen molar-refractivity contribution >= 4 is 29.3 Å². The fourth-order valence-corrected chi connectivity index (χ4v) is 4.40. The fourth-order valence-electron chi connectivity index (χ4n) is 4.40. The summed E-state index contributed by atoms with van der Waals surface area (Å²) >= 11 is 0. The minimum Gasteiger partial charge on any atom is -0.494 e. The lowest BCUT2D eigenvalue weighted by atomic mass is 9.92. The van der Waals surface area contributed by atoms with Crippen molar-refractivity contribution in [3.05, 3.63) is 51.0 Å². The summed E-state index contributed by atoms with van der Waals surface area (Å²) in [6.45, 7) is 0. The van der Waals surface area contributed by atoms with Gasteiger partial charge in [-0.25, -0.2) is 4.79 Å². The number of benzene rings is 1. The molecule has 2 aliphatic rings. The number of pyridine rings is 1. The van der Waals surface area contributed by atoms with Crippen LogP contribution in [0.15, 0.2) is 27.5 Å². The first-order valence-corrected chi connectivity index (χ1v) is 9.87. The second-order valence-electron chi connectivity index (χ2n) is 7.90. The number of fused-ring (bicyclic) bond motifs is 2. The fraction of sp³-hybridized carbons (Fsp3) is 0.364. The molecular formula is C22H23ClN2O5. The molecule has 0 amide bonds. The molecule has 1 atom stereocenters. The summed E-state index contributed by atoms with van der Waals surface area (Å²) in [5.41, 5.74) is 8.77. The Bertz CT molecular complexity index is 1210. The number of furan rings is 1. The van der Waals surface area contributed by atoms with E-state index >= 15 is 0 Å². The molecule has 1 saturated carbocycles. The Morgan fingerprint density at radius 1 is 1.27 bits per heavy atom. The minimum atomic E-state index is -1.25. The van der Waals surface area contributed by atoms with Crippen LogP contribution in [0.1, 0.15) is 64.9 Å². The third-order valence-electron chi connectivity index (χ3n) is 6.02. The van der Waals surface area contributed by atoms with Crippen LogP contribution in [-0.4, -0.2) is 23.2 Å². The minimum absolute atomic E-state index is 0. The number of carboxylic acid groups (broad SMARTS) is 1. The summed E-state index contributed by atoms with van der Waals surface area (Å²) < 4.78 is 12.0. The van der Waals surface area contributed by atoms with E-state index in [1.165, 1.54) is 6.20 Å². The van der Waals surface area contributed by atoms with Crippen molar-refractivity contribution in [2.45, 2.75) is 44.1 Å². The molecule has 7 nitrogen and oxygen atoms in total. The van der Waals surface area contributed by atoms with Crippen LogP contribution in [-0.2, 0) is 6.42 Å². The number of halogens is 1. The molecule has 8 heteroatoms. The van der Waals surface area contributed by atoms with E-state index in [1.54, 1.807) is 13.2 Å². The lowest BCUT2D eigenvalue weighted by molar-refractivity contribution is 0.0695. The summed E-state index contributed by atoms with van der Waals surface area (Å²) in [7, 11) is 1.55. The summed E-state index contributed by atoms with van der Waals surface area (Å²) in [5, 5.41) is 9.64. The molecule has 3 aromatic rings. The van der Waals surface area contributed by atoms with Gasteiger partial charge in [-0.05, 0) is 49.3 Å².